The molecule has 0 aliphatic carbocycles. The van der Waals surface area contributed by atoms with Crippen molar-refractivity contribution < 1.29 is 9.53 Å². The van der Waals surface area contributed by atoms with E-state index in [2.05, 4.69) is 26.7 Å². The molecular weight excluding hydrogens is 318 g/mol. The molecule has 2 heterocycles. The van der Waals surface area contributed by atoms with Gasteiger partial charge in [0.2, 0.25) is 5.95 Å². The summed E-state index contributed by atoms with van der Waals surface area (Å²) in [6.07, 6.45) is 2.09. The Hall–Kier alpha value is -2.98. The third kappa shape index (κ3) is 4.52. The normalized spacial score (nSPS) is 16.2. The fourth-order valence-corrected chi connectivity index (χ4v) is 2.60. The maximum Gasteiger partial charge on any atom is 0.270 e. The molecule has 1 saturated heterocycles. The lowest BCUT2D eigenvalue weighted by Crippen LogP contribution is -2.32. The molecule has 1 aliphatic rings. The predicted octanol–water partition coefficient (Wildman–Crippen LogP) is 2.31. The van der Waals surface area contributed by atoms with Crippen LogP contribution < -0.4 is 10.6 Å². The number of carbonyl (C=O) groups excluding carboxylic acids is 1. The molecule has 0 radical (unpaired) electrons. The molecule has 1 fully saturated rings. The highest BCUT2D eigenvalue weighted by Gasteiger charge is 2.17. The number of amides is 1. The van der Waals surface area contributed by atoms with Gasteiger partial charge in [0, 0.05) is 24.5 Å². The highest BCUT2D eigenvalue weighted by atomic mass is 16.5. The lowest BCUT2D eigenvalue weighted by atomic mass is 10.2. The third-order valence-corrected chi connectivity index (χ3v) is 3.87. The van der Waals surface area contributed by atoms with Gasteiger partial charge in [0.25, 0.3) is 5.91 Å². The number of hydrogen-bond acceptors (Lipinski definition) is 6. The summed E-state index contributed by atoms with van der Waals surface area (Å²) in [5, 5.41) is 14.7. The number of anilines is 2. The molecule has 7 nitrogen and oxygen atoms in total. The average molecular weight is 337 g/mol. The number of carbonyl (C=O) groups is 1. The van der Waals surface area contributed by atoms with Gasteiger partial charge in [0.05, 0.1) is 17.7 Å². The van der Waals surface area contributed by atoms with Crippen LogP contribution in [0.2, 0.25) is 0 Å². The van der Waals surface area contributed by atoms with Crippen LogP contribution in [0.3, 0.4) is 0 Å². The second-order valence-electron chi connectivity index (χ2n) is 5.88. The monoisotopic (exact) mass is 337 g/mol. The molecule has 0 saturated carbocycles. The van der Waals surface area contributed by atoms with Gasteiger partial charge in [-0.3, -0.25) is 4.79 Å². The van der Waals surface area contributed by atoms with Crippen LogP contribution in [-0.2, 0) is 4.74 Å². The Morgan fingerprint density at radius 3 is 2.84 bits per heavy atom. The minimum absolute atomic E-state index is 0.0862. The largest absolute Gasteiger partial charge is 0.376 e. The summed E-state index contributed by atoms with van der Waals surface area (Å²) in [5.74, 6) is 0.0934. The van der Waals surface area contributed by atoms with Crippen LogP contribution in [-0.4, -0.2) is 35.1 Å². The molecule has 0 spiro atoms. The molecule has 128 valence electrons. The predicted molar refractivity (Wildman–Crippen MR) is 92.5 cm³/mol. The summed E-state index contributed by atoms with van der Waals surface area (Å²) < 4.78 is 5.50. The van der Waals surface area contributed by atoms with Crippen molar-refractivity contribution >= 4 is 17.5 Å². The van der Waals surface area contributed by atoms with E-state index in [0.29, 0.717) is 29.4 Å². The fourth-order valence-electron chi connectivity index (χ4n) is 2.60. The lowest BCUT2D eigenvalue weighted by Gasteiger charge is -2.11. The summed E-state index contributed by atoms with van der Waals surface area (Å²) in [6, 6.07) is 10.6. The van der Waals surface area contributed by atoms with E-state index in [0.717, 1.165) is 25.1 Å². The van der Waals surface area contributed by atoms with Gasteiger partial charge in [-0.2, -0.15) is 5.26 Å². The van der Waals surface area contributed by atoms with Crippen molar-refractivity contribution in [3.05, 3.63) is 47.3 Å². The van der Waals surface area contributed by atoms with Crippen molar-refractivity contribution in [2.75, 3.05) is 18.5 Å². The summed E-state index contributed by atoms with van der Waals surface area (Å²) in [7, 11) is 0. The van der Waals surface area contributed by atoms with Gasteiger partial charge in [-0.25, -0.2) is 9.97 Å². The fraction of sp³-hybridized carbons (Fsp3) is 0.333. The second-order valence-corrected chi connectivity index (χ2v) is 5.88. The van der Waals surface area contributed by atoms with Crippen LogP contribution in [0.15, 0.2) is 30.3 Å². The zero-order valence-corrected chi connectivity index (χ0v) is 14.0. The third-order valence-electron chi connectivity index (χ3n) is 3.87. The van der Waals surface area contributed by atoms with Gasteiger partial charge >= 0.3 is 0 Å². The summed E-state index contributed by atoms with van der Waals surface area (Å²) in [4.78, 5) is 20.9. The molecule has 1 unspecified atom stereocenters. The quantitative estimate of drug-likeness (QED) is 0.868. The molecular formula is C18H19N5O2. The average Bonchev–Trinajstić information content (AvgIpc) is 3.13. The van der Waals surface area contributed by atoms with Crippen LogP contribution in [0, 0.1) is 18.3 Å². The summed E-state index contributed by atoms with van der Waals surface area (Å²) >= 11 is 0. The molecule has 3 rings (SSSR count). The van der Waals surface area contributed by atoms with E-state index in [9.17, 15) is 4.79 Å². The van der Waals surface area contributed by atoms with Gasteiger partial charge in [0.1, 0.15) is 5.69 Å². The molecule has 7 heteroatoms. The Bertz CT molecular complexity index is 792. The zero-order valence-electron chi connectivity index (χ0n) is 14.0. The topological polar surface area (TPSA) is 99.9 Å². The number of hydrogen-bond donors (Lipinski definition) is 2. The SMILES string of the molecule is Cc1cc(C(=O)NCC2CCCO2)nc(Nc2ccc(C#N)cc2)n1. The smallest absolute Gasteiger partial charge is 0.270 e. The van der Waals surface area contributed by atoms with Crippen molar-refractivity contribution in [1.29, 1.82) is 5.26 Å². The van der Waals surface area contributed by atoms with Crippen molar-refractivity contribution in [2.24, 2.45) is 0 Å². The molecule has 0 bridgehead atoms. The molecule has 1 atom stereocenters. The first-order valence-electron chi connectivity index (χ1n) is 8.17. The van der Waals surface area contributed by atoms with E-state index in [-0.39, 0.29) is 12.0 Å². The van der Waals surface area contributed by atoms with E-state index in [1.54, 1.807) is 30.3 Å². The minimum Gasteiger partial charge on any atom is -0.376 e. The van der Waals surface area contributed by atoms with Gasteiger partial charge in [0.15, 0.2) is 0 Å². The van der Waals surface area contributed by atoms with Gasteiger partial charge in [-0.15, -0.1) is 0 Å². The first kappa shape index (κ1) is 16.9. The van der Waals surface area contributed by atoms with Crippen LogP contribution >= 0.6 is 0 Å². The van der Waals surface area contributed by atoms with E-state index in [1.165, 1.54) is 0 Å². The van der Waals surface area contributed by atoms with Gasteiger partial charge in [-0.1, -0.05) is 0 Å². The second kappa shape index (κ2) is 7.73. The molecule has 1 aromatic heterocycles. The Kier molecular flexibility index (Phi) is 5.21. The Morgan fingerprint density at radius 2 is 2.16 bits per heavy atom. The lowest BCUT2D eigenvalue weighted by molar-refractivity contribution is 0.0853. The number of aryl methyl sites for hydroxylation is 1. The number of benzene rings is 1. The molecule has 2 N–H and O–H groups in total. The van der Waals surface area contributed by atoms with Crippen LogP contribution in [0.25, 0.3) is 0 Å². The highest BCUT2D eigenvalue weighted by molar-refractivity contribution is 5.92. The van der Waals surface area contributed by atoms with E-state index >= 15 is 0 Å². The maximum absolute atomic E-state index is 12.3. The Balaban J connectivity index is 1.68. The van der Waals surface area contributed by atoms with E-state index in [1.807, 2.05) is 6.92 Å². The molecule has 1 amide bonds. The summed E-state index contributed by atoms with van der Waals surface area (Å²) in [5.41, 5.74) is 2.32. The highest BCUT2D eigenvalue weighted by Crippen LogP contribution is 2.15. The van der Waals surface area contributed by atoms with Crippen molar-refractivity contribution in [1.82, 2.24) is 15.3 Å². The number of rotatable bonds is 5. The molecule has 1 aromatic carbocycles. The molecule has 2 aromatic rings. The number of nitriles is 1. The number of nitrogens with one attached hydrogen (secondary N) is 2. The summed E-state index contributed by atoms with van der Waals surface area (Å²) in [6.45, 7) is 3.05. The van der Waals surface area contributed by atoms with Crippen molar-refractivity contribution in [3.63, 3.8) is 0 Å². The number of aromatic nitrogens is 2. The first-order chi connectivity index (χ1) is 12.1. The number of ether oxygens (including phenoxy) is 1. The van der Waals surface area contributed by atoms with E-state index < -0.39 is 0 Å². The van der Waals surface area contributed by atoms with Crippen LogP contribution in [0.4, 0.5) is 11.6 Å². The zero-order chi connectivity index (χ0) is 17.6. The molecule has 25 heavy (non-hydrogen) atoms. The first-order valence-corrected chi connectivity index (χ1v) is 8.17. The Morgan fingerprint density at radius 1 is 1.36 bits per heavy atom. The van der Waals surface area contributed by atoms with Crippen molar-refractivity contribution in [3.8, 4) is 6.07 Å². The van der Waals surface area contributed by atoms with Crippen molar-refractivity contribution in [2.45, 2.75) is 25.9 Å². The van der Waals surface area contributed by atoms with Crippen LogP contribution in [0.5, 0.6) is 0 Å². The Labute approximate surface area is 146 Å². The van der Waals surface area contributed by atoms with E-state index in [4.69, 9.17) is 10.00 Å². The number of nitrogens with zero attached hydrogens (tertiary/aromatic N) is 3. The minimum atomic E-state index is -0.246. The molecule has 1 aliphatic heterocycles. The van der Waals surface area contributed by atoms with Gasteiger partial charge in [-0.05, 0) is 50.1 Å². The maximum atomic E-state index is 12.3. The van der Waals surface area contributed by atoms with Gasteiger partial charge < -0.3 is 15.4 Å². The van der Waals surface area contributed by atoms with Crippen LogP contribution in [0.1, 0.15) is 34.6 Å². The standard InChI is InChI=1S/C18H19N5O2/c1-12-9-16(17(24)20-11-15-3-2-8-25-15)23-18(21-12)22-14-6-4-13(10-19)5-7-14/h4-7,9,15H,2-3,8,11H2,1H3,(H,20,24)(H,21,22,23).